The van der Waals surface area contributed by atoms with Crippen molar-refractivity contribution in [3.63, 3.8) is 0 Å². The van der Waals surface area contributed by atoms with E-state index in [9.17, 15) is 19.5 Å². The summed E-state index contributed by atoms with van der Waals surface area (Å²) in [6, 6.07) is 22.9. The minimum absolute atomic E-state index is 0.0328. The Kier molecular flexibility index (Phi) is 7.12. The number of hydrogen-bond acceptors (Lipinski definition) is 5. The highest BCUT2D eigenvalue weighted by molar-refractivity contribution is 5.86. The average molecular weight is 475 g/mol. The van der Waals surface area contributed by atoms with Gasteiger partial charge in [0.15, 0.2) is 6.10 Å². The highest BCUT2D eigenvalue weighted by Crippen LogP contribution is 2.44. The molecule has 1 unspecified atom stereocenters. The summed E-state index contributed by atoms with van der Waals surface area (Å²) >= 11 is 0. The van der Waals surface area contributed by atoms with Gasteiger partial charge in [-0.05, 0) is 46.9 Å². The van der Waals surface area contributed by atoms with Crippen LogP contribution in [-0.4, -0.2) is 47.4 Å². The molecule has 0 saturated heterocycles. The van der Waals surface area contributed by atoms with Crippen LogP contribution in [0.5, 0.6) is 0 Å². The van der Waals surface area contributed by atoms with E-state index >= 15 is 0 Å². The van der Waals surface area contributed by atoms with Gasteiger partial charge in [-0.2, -0.15) is 0 Å². The Morgan fingerprint density at radius 1 is 0.914 bits per heavy atom. The van der Waals surface area contributed by atoms with E-state index in [2.05, 4.69) is 34.9 Å². The number of carbonyl (C=O) groups is 3. The van der Waals surface area contributed by atoms with E-state index in [1.54, 1.807) is 31.2 Å². The van der Waals surface area contributed by atoms with Gasteiger partial charge in [-0.3, -0.25) is 10.1 Å². The Balaban J connectivity index is 1.32. The number of aliphatic carboxylic acids is 1. The molecule has 180 valence electrons. The van der Waals surface area contributed by atoms with Crippen LogP contribution in [-0.2, 0) is 14.3 Å². The zero-order chi connectivity index (χ0) is 24.9. The molecule has 1 aliphatic rings. The smallest absolute Gasteiger partial charge is 0.411 e. The van der Waals surface area contributed by atoms with Crippen molar-refractivity contribution in [2.24, 2.45) is 0 Å². The van der Waals surface area contributed by atoms with Gasteiger partial charge in [-0.1, -0.05) is 60.7 Å². The zero-order valence-electron chi connectivity index (χ0n) is 19.1. The van der Waals surface area contributed by atoms with Gasteiger partial charge in [0.2, 0.25) is 5.91 Å². The summed E-state index contributed by atoms with van der Waals surface area (Å²) in [5.74, 6) is -2.42. The summed E-state index contributed by atoms with van der Waals surface area (Å²) < 4.78 is 5.55. The van der Waals surface area contributed by atoms with Gasteiger partial charge in [0.25, 0.3) is 0 Å². The minimum Gasteiger partial charge on any atom is -0.479 e. The zero-order valence-corrected chi connectivity index (χ0v) is 19.1. The Labute approximate surface area is 202 Å². The Bertz CT molecular complexity index is 1190. The number of anilines is 1. The number of aliphatic hydroxyl groups excluding tert-OH is 1. The maximum Gasteiger partial charge on any atom is 0.411 e. The van der Waals surface area contributed by atoms with E-state index in [0.717, 1.165) is 22.3 Å². The molecule has 1 aliphatic carbocycles. The van der Waals surface area contributed by atoms with Crippen molar-refractivity contribution in [3.8, 4) is 11.1 Å². The Morgan fingerprint density at radius 3 is 2.06 bits per heavy atom. The number of fused-ring (bicyclic) bond motifs is 3. The lowest BCUT2D eigenvalue weighted by Gasteiger charge is -2.15. The number of benzene rings is 3. The Hall–Kier alpha value is -4.17. The molecular formula is C27H26N2O6. The number of rotatable bonds is 8. The number of hydrogen-bond donors (Lipinski definition) is 4. The van der Waals surface area contributed by atoms with Gasteiger partial charge in [0, 0.05) is 11.6 Å². The number of carboxylic acids is 1. The molecule has 2 amide bonds. The largest absolute Gasteiger partial charge is 0.479 e. The van der Waals surface area contributed by atoms with Gasteiger partial charge < -0.3 is 20.3 Å². The monoisotopic (exact) mass is 474 g/mol. The summed E-state index contributed by atoms with van der Waals surface area (Å²) in [5, 5.41) is 23.1. The maximum absolute atomic E-state index is 12.5. The first-order chi connectivity index (χ1) is 16.8. The third kappa shape index (κ3) is 5.33. The molecule has 0 aromatic heterocycles. The normalized spacial score (nSPS) is 13.8. The van der Waals surface area contributed by atoms with Crippen LogP contribution in [0.2, 0.25) is 0 Å². The molecule has 2 atom stereocenters. The predicted octanol–water partition coefficient (Wildman–Crippen LogP) is 3.71. The highest BCUT2D eigenvalue weighted by atomic mass is 16.5. The lowest BCUT2D eigenvalue weighted by Crippen LogP contribution is -2.38. The molecule has 3 aromatic carbocycles. The second kappa shape index (κ2) is 10.4. The van der Waals surface area contributed by atoms with E-state index in [0.29, 0.717) is 11.3 Å². The third-order valence-electron chi connectivity index (χ3n) is 6.15. The molecule has 0 heterocycles. The van der Waals surface area contributed by atoms with E-state index in [-0.39, 0.29) is 19.1 Å². The van der Waals surface area contributed by atoms with Crippen LogP contribution in [0.15, 0.2) is 72.8 Å². The minimum atomic E-state index is -1.66. The molecule has 0 spiro atoms. The maximum atomic E-state index is 12.5. The SMILES string of the molecule is CC(C(=O)NC[C@H](O)C(=O)O)c1ccc(NC(=O)OCC2c3ccccc3-c3ccccc32)cc1. The lowest BCUT2D eigenvalue weighted by atomic mass is 9.98. The predicted molar refractivity (Wildman–Crippen MR) is 130 cm³/mol. The fraction of sp³-hybridized carbons (Fsp3) is 0.222. The van der Waals surface area contributed by atoms with Crippen molar-refractivity contribution in [1.82, 2.24) is 5.32 Å². The summed E-state index contributed by atoms with van der Waals surface area (Å²) in [6.07, 6.45) is -2.23. The van der Waals surface area contributed by atoms with Crippen LogP contribution in [0.3, 0.4) is 0 Å². The molecule has 0 saturated carbocycles. The summed E-state index contributed by atoms with van der Waals surface area (Å²) in [6.45, 7) is 1.49. The number of carbonyl (C=O) groups excluding carboxylic acids is 2. The molecule has 35 heavy (non-hydrogen) atoms. The molecule has 0 radical (unpaired) electrons. The first kappa shape index (κ1) is 24.0. The fourth-order valence-electron chi connectivity index (χ4n) is 4.20. The van der Waals surface area contributed by atoms with Gasteiger partial charge in [-0.15, -0.1) is 0 Å². The van der Waals surface area contributed by atoms with Crippen molar-refractivity contribution >= 4 is 23.7 Å². The van der Waals surface area contributed by atoms with Crippen molar-refractivity contribution in [2.45, 2.75) is 24.9 Å². The van der Waals surface area contributed by atoms with E-state index < -0.39 is 30.0 Å². The van der Waals surface area contributed by atoms with Crippen LogP contribution >= 0.6 is 0 Å². The van der Waals surface area contributed by atoms with Crippen LogP contribution < -0.4 is 10.6 Å². The highest BCUT2D eigenvalue weighted by Gasteiger charge is 2.29. The quantitative estimate of drug-likeness (QED) is 0.394. The third-order valence-corrected chi connectivity index (χ3v) is 6.15. The topological polar surface area (TPSA) is 125 Å². The number of amides is 2. The number of ether oxygens (including phenoxy) is 1. The molecule has 0 aliphatic heterocycles. The molecule has 3 aromatic rings. The van der Waals surface area contributed by atoms with Gasteiger partial charge in [-0.25, -0.2) is 9.59 Å². The van der Waals surface area contributed by atoms with E-state index in [1.165, 1.54) is 0 Å². The van der Waals surface area contributed by atoms with Gasteiger partial charge in [0.05, 0.1) is 12.5 Å². The van der Waals surface area contributed by atoms with Crippen LogP contribution in [0, 0.1) is 0 Å². The standard InChI is InChI=1S/C27H26N2O6/c1-16(25(31)28-14-24(30)26(32)33)17-10-12-18(13-11-17)29-27(34)35-15-23-21-8-4-2-6-19(21)20-7-3-5-9-22(20)23/h2-13,16,23-24,30H,14-15H2,1H3,(H,28,31)(H,29,34)(H,32,33)/t16?,24-/m0/s1. The van der Waals surface area contributed by atoms with E-state index in [4.69, 9.17) is 9.84 Å². The van der Waals surface area contributed by atoms with Crippen LogP contribution in [0.4, 0.5) is 10.5 Å². The fourth-order valence-corrected chi connectivity index (χ4v) is 4.20. The summed E-state index contributed by atoms with van der Waals surface area (Å²) in [4.78, 5) is 35.3. The second-order valence-corrected chi connectivity index (χ2v) is 8.39. The summed E-state index contributed by atoms with van der Waals surface area (Å²) in [5.41, 5.74) is 5.76. The molecule has 0 fully saturated rings. The first-order valence-corrected chi connectivity index (χ1v) is 11.3. The lowest BCUT2D eigenvalue weighted by molar-refractivity contribution is -0.146. The number of aliphatic hydroxyl groups is 1. The summed E-state index contributed by atoms with van der Waals surface area (Å²) in [7, 11) is 0. The molecule has 8 nitrogen and oxygen atoms in total. The van der Waals surface area contributed by atoms with Crippen LogP contribution in [0.25, 0.3) is 11.1 Å². The van der Waals surface area contributed by atoms with Crippen molar-refractivity contribution in [2.75, 3.05) is 18.5 Å². The van der Waals surface area contributed by atoms with Crippen LogP contribution in [0.1, 0.15) is 35.4 Å². The Morgan fingerprint density at radius 2 is 1.49 bits per heavy atom. The van der Waals surface area contributed by atoms with Crippen molar-refractivity contribution in [3.05, 3.63) is 89.5 Å². The van der Waals surface area contributed by atoms with Gasteiger partial charge in [0.1, 0.15) is 6.61 Å². The molecular weight excluding hydrogens is 448 g/mol. The molecule has 4 N–H and O–H groups in total. The van der Waals surface area contributed by atoms with Crippen molar-refractivity contribution in [1.29, 1.82) is 0 Å². The number of nitrogens with one attached hydrogen (secondary N) is 2. The van der Waals surface area contributed by atoms with Gasteiger partial charge >= 0.3 is 12.1 Å². The van der Waals surface area contributed by atoms with Crippen molar-refractivity contribution < 1.29 is 29.3 Å². The number of carboxylic acid groups (broad SMARTS) is 1. The molecule has 4 rings (SSSR count). The molecule has 0 bridgehead atoms. The second-order valence-electron chi connectivity index (χ2n) is 8.39. The van der Waals surface area contributed by atoms with E-state index in [1.807, 2.05) is 24.3 Å². The average Bonchev–Trinajstić information content (AvgIpc) is 3.19. The molecule has 8 heteroatoms. The first-order valence-electron chi connectivity index (χ1n) is 11.3.